The normalized spacial score (nSPS) is 16.6. The van der Waals surface area contributed by atoms with Crippen LogP contribution in [0.2, 0.25) is 5.02 Å². The van der Waals surface area contributed by atoms with Gasteiger partial charge >= 0.3 is 0 Å². The van der Waals surface area contributed by atoms with Crippen LogP contribution in [0.3, 0.4) is 0 Å². The Bertz CT molecular complexity index is 1470. The van der Waals surface area contributed by atoms with Gasteiger partial charge in [0.25, 0.3) is 0 Å². The highest BCUT2D eigenvalue weighted by Gasteiger charge is 2.30. The molecule has 2 aliphatic heterocycles. The summed E-state index contributed by atoms with van der Waals surface area (Å²) in [5.74, 6) is 1.57. The van der Waals surface area contributed by atoms with Gasteiger partial charge in [-0.1, -0.05) is 11.6 Å². The lowest BCUT2D eigenvalue weighted by molar-refractivity contribution is 0.0355. The summed E-state index contributed by atoms with van der Waals surface area (Å²) in [4.78, 5) is 25.4. The SMILES string of the molecule is O=c1cc(N2CCOC(c3nccc4c3Oc3ccc(NCc5cncc(Cl)c5)cc3C4)C2)cc[nH]1. The van der Waals surface area contributed by atoms with Crippen LogP contribution >= 0.6 is 11.6 Å². The van der Waals surface area contributed by atoms with Gasteiger partial charge in [-0.2, -0.15) is 0 Å². The fraction of sp³-hybridized carbons (Fsp3) is 0.222. The van der Waals surface area contributed by atoms with Crippen molar-refractivity contribution >= 4 is 23.0 Å². The van der Waals surface area contributed by atoms with Crippen LogP contribution in [0.4, 0.5) is 11.4 Å². The molecule has 0 bridgehead atoms. The quantitative estimate of drug-likeness (QED) is 0.360. The highest BCUT2D eigenvalue weighted by Crippen LogP contribution is 2.42. The van der Waals surface area contributed by atoms with E-state index in [4.69, 9.17) is 21.1 Å². The molecule has 1 saturated heterocycles. The summed E-state index contributed by atoms with van der Waals surface area (Å²) in [7, 11) is 0. The zero-order valence-electron chi connectivity index (χ0n) is 19.4. The van der Waals surface area contributed by atoms with Gasteiger partial charge in [0.15, 0.2) is 5.75 Å². The van der Waals surface area contributed by atoms with Crippen LogP contribution in [0.1, 0.15) is 28.5 Å². The van der Waals surface area contributed by atoms with Crippen molar-refractivity contribution in [3.8, 4) is 11.5 Å². The van der Waals surface area contributed by atoms with Crippen molar-refractivity contribution in [1.29, 1.82) is 0 Å². The number of morpholine rings is 1. The second kappa shape index (κ2) is 9.64. The number of nitrogens with one attached hydrogen (secondary N) is 2. The Morgan fingerprint density at radius 2 is 2.08 bits per heavy atom. The number of fused-ring (bicyclic) bond motifs is 2. The molecule has 5 heterocycles. The number of benzene rings is 1. The molecule has 0 saturated carbocycles. The average Bonchev–Trinajstić information content (AvgIpc) is 2.90. The lowest BCUT2D eigenvalue weighted by Crippen LogP contribution is -2.39. The number of nitrogens with zero attached hydrogens (tertiary/aromatic N) is 3. The number of aromatic nitrogens is 3. The predicted octanol–water partition coefficient (Wildman–Crippen LogP) is 4.70. The smallest absolute Gasteiger partial charge is 0.249 e. The molecule has 9 heteroatoms. The topological polar surface area (TPSA) is 92.4 Å². The Kier molecular flexibility index (Phi) is 6.04. The van der Waals surface area contributed by atoms with Crippen LogP contribution < -0.4 is 20.5 Å². The molecule has 8 nitrogen and oxygen atoms in total. The Balaban J connectivity index is 1.20. The van der Waals surface area contributed by atoms with E-state index >= 15 is 0 Å². The summed E-state index contributed by atoms with van der Waals surface area (Å²) in [5, 5.41) is 4.06. The van der Waals surface area contributed by atoms with Crippen molar-refractivity contribution < 1.29 is 9.47 Å². The minimum Gasteiger partial charge on any atom is -0.455 e. The number of ether oxygens (including phenoxy) is 2. The van der Waals surface area contributed by atoms with Crippen molar-refractivity contribution in [1.82, 2.24) is 15.0 Å². The van der Waals surface area contributed by atoms with E-state index in [1.807, 2.05) is 36.5 Å². The van der Waals surface area contributed by atoms with E-state index in [9.17, 15) is 4.79 Å². The van der Waals surface area contributed by atoms with Gasteiger partial charge in [-0.15, -0.1) is 0 Å². The molecule has 4 aromatic rings. The first-order valence-electron chi connectivity index (χ1n) is 11.8. The summed E-state index contributed by atoms with van der Waals surface area (Å²) < 4.78 is 12.5. The number of anilines is 2. The van der Waals surface area contributed by atoms with E-state index in [1.165, 1.54) is 0 Å². The lowest BCUT2D eigenvalue weighted by atomic mass is 9.98. The standard InChI is InChI=1S/C27H24ClN5O3/c28-20-9-17(13-29-15-20)14-32-21-1-2-23-19(11-21)10-18-3-5-31-26(27(18)36-23)24-16-33(7-8-35-24)22-4-6-30-25(34)12-22/h1-6,9,11-13,15,24,32H,7-8,10,14,16H2,(H,30,34). The van der Waals surface area contributed by atoms with Gasteiger partial charge < -0.3 is 24.7 Å². The number of hydrogen-bond donors (Lipinski definition) is 2. The van der Waals surface area contributed by atoms with Gasteiger partial charge in [0.05, 0.1) is 18.2 Å². The maximum absolute atomic E-state index is 11.8. The number of aromatic amines is 1. The monoisotopic (exact) mass is 501 g/mol. The molecule has 0 aliphatic carbocycles. The lowest BCUT2D eigenvalue weighted by Gasteiger charge is -2.35. The van der Waals surface area contributed by atoms with Gasteiger partial charge in [0.1, 0.15) is 17.5 Å². The Morgan fingerprint density at radius 1 is 1.14 bits per heavy atom. The van der Waals surface area contributed by atoms with Crippen LogP contribution in [-0.2, 0) is 17.7 Å². The highest BCUT2D eigenvalue weighted by molar-refractivity contribution is 6.30. The second-order valence-corrected chi connectivity index (χ2v) is 9.30. The molecule has 3 aromatic heterocycles. The number of hydrogen-bond acceptors (Lipinski definition) is 7. The highest BCUT2D eigenvalue weighted by atomic mass is 35.5. The minimum atomic E-state index is -0.262. The van der Waals surface area contributed by atoms with E-state index in [-0.39, 0.29) is 11.7 Å². The third-order valence-corrected chi connectivity index (χ3v) is 6.63. The Labute approximate surface area is 212 Å². The molecule has 182 valence electrons. The molecule has 36 heavy (non-hydrogen) atoms. The van der Waals surface area contributed by atoms with Crippen molar-refractivity contribution in [2.45, 2.75) is 19.1 Å². The zero-order chi connectivity index (χ0) is 24.5. The minimum absolute atomic E-state index is 0.121. The molecule has 0 radical (unpaired) electrons. The predicted molar refractivity (Wildman–Crippen MR) is 138 cm³/mol. The number of halogens is 1. The van der Waals surface area contributed by atoms with Crippen LogP contribution in [0.5, 0.6) is 11.5 Å². The molecule has 2 aliphatic rings. The molecule has 1 unspecified atom stereocenters. The molecule has 0 spiro atoms. The number of rotatable bonds is 5. The molecule has 1 aromatic carbocycles. The first-order chi connectivity index (χ1) is 17.6. The van der Waals surface area contributed by atoms with Crippen LogP contribution in [-0.4, -0.2) is 34.6 Å². The fourth-order valence-electron chi connectivity index (χ4n) is 4.67. The maximum Gasteiger partial charge on any atom is 0.249 e. The largest absolute Gasteiger partial charge is 0.455 e. The van der Waals surface area contributed by atoms with Crippen molar-refractivity contribution in [3.05, 3.63) is 105 Å². The van der Waals surface area contributed by atoms with Crippen LogP contribution in [0.15, 0.2) is 72.0 Å². The molecular weight excluding hydrogens is 478 g/mol. The van der Waals surface area contributed by atoms with Gasteiger partial charge in [-0.25, -0.2) is 0 Å². The first kappa shape index (κ1) is 22.6. The molecule has 1 atom stereocenters. The number of H-pyrrole nitrogens is 1. The maximum atomic E-state index is 11.8. The summed E-state index contributed by atoms with van der Waals surface area (Å²) in [6, 6.07) is 13.5. The average molecular weight is 502 g/mol. The van der Waals surface area contributed by atoms with Gasteiger partial charge in [0, 0.05) is 72.9 Å². The molecule has 2 N–H and O–H groups in total. The van der Waals surface area contributed by atoms with Crippen molar-refractivity contribution in [2.24, 2.45) is 0 Å². The van der Waals surface area contributed by atoms with Gasteiger partial charge in [0.2, 0.25) is 5.56 Å². The van der Waals surface area contributed by atoms with Crippen molar-refractivity contribution in [3.63, 3.8) is 0 Å². The van der Waals surface area contributed by atoms with E-state index in [0.717, 1.165) is 51.7 Å². The summed E-state index contributed by atoms with van der Waals surface area (Å²) >= 11 is 6.05. The van der Waals surface area contributed by atoms with Crippen molar-refractivity contribution in [2.75, 3.05) is 29.9 Å². The summed E-state index contributed by atoms with van der Waals surface area (Å²) in [6.45, 7) is 2.46. The van der Waals surface area contributed by atoms with Crippen LogP contribution in [0.25, 0.3) is 0 Å². The molecule has 6 rings (SSSR count). The Hall–Kier alpha value is -3.88. The van der Waals surface area contributed by atoms with Gasteiger partial charge in [-0.3, -0.25) is 14.8 Å². The van der Waals surface area contributed by atoms with E-state index in [2.05, 4.69) is 31.2 Å². The van der Waals surface area contributed by atoms with Crippen LogP contribution in [0, 0.1) is 0 Å². The molecule has 1 fully saturated rings. The molecular formula is C27H24ClN5O3. The third kappa shape index (κ3) is 4.65. The Morgan fingerprint density at radius 3 is 2.97 bits per heavy atom. The molecule has 0 amide bonds. The van der Waals surface area contributed by atoms with E-state index < -0.39 is 0 Å². The third-order valence-electron chi connectivity index (χ3n) is 6.42. The fourth-order valence-corrected chi connectivity index (χ4v) is 4.87. The summed E-state index contributed by atoms with van der Waals surface area (Å²) in [6.07, 6.45) is 7.38. The first-order valence-corrected chi connectivity index (χ1v) is 12.2. The van der Waals surface area contributed by atoms with E-state index in [1.54, 1.807) is 24.7 Å². The van der Waals surface area contributed by atoms with E-state index in [0.29, 0.717) is 31.3 Å². The second-order valence-electron chi connectivity index (χ2n) is 8.87. The zero-order valence-corrected chi connectivity index (χ0v) is 20.2. The van der Waals surface area contributed by atoms with Gasteiger partial charge in [-0.05, 0) is 42.0 Å². The summed E-state index contributed by atoms with van der Waals surface area (Å²) in [5.41, 5.74) is 5.71. The number of pyridine rings is 3.